The third-order valence-corrected chi connectivity index (χ3v) is 5.94. The second kappa shape index (κ2) is 6.96. The van der Waals surface area contributed by atoms with Gasteiger partial charge in [-0.3, -0.25) is 4.79 Å². The van der Waals surface area contributed by atoms with Crippen LogP contribution in [0.15, 0.2) is 60.7 Å². The lowest BCUT2D eigenvalue weighted by atomic mass is 9.68. The number of alkyl halides is 1. The zero-order valence-electron chi connectivity index (χ0n) is 13.8. The van der Waals surface area contributed by atoms with Gasteiger partial charge in [0.25, 0.3) is 0 Å². The number of carbonyl (C=O) groups is 1. The van der Waals surface area contributed by atoms with E-state index in [-0.39, 0.29) is 17.9 Å². The summed E-state index contributed by atoms with van der Waals surface area (Å²) in [5.74, 6) is -0.809. The number of rotatable bonds is 4. The summed E-state index contributed by atoms with van der Waals surface area (Å²) in [6.45, 7) is 2.60. The Balaban J connectivity index is 2.10. The summed E-state index contributed by atoms with van der Waals surface area (Å²) < 4.78 is 0. The van der Waals surface area contributed by atoms with E-state index in [1.54, 1.807) is 0 Å². The van der Waals surface area contributed by atoms with Crippen LogP contribution in [0.3, 0.4) is 0 Å². The van der Waals surface area contributed by atoms with Crippen LogP contribution in [-0.4, -0.2) is 17.3 Å². The molecule has 2 aromatic carbocycles. The number of carbonyl (C=O) groups excluding carboxylic acids is 1. The number of hydrogen-bond donors (Lipinski definition) is 2. The van der Waals surface area contributed by atoms with Gasteiger partial charge >= 0.3 is 0 Å². The molecular weight excluding hydrogens is 320 g/mol. The molecular formula is C20H23ClN2O. The summed E-state index contributed by atoms with van der Waals surface area (Å²) >= 11 is 7.12. The van der Waals surface area contributed by atoms with E-state index in [0.717, 1.165) is 12.1 Å². The van der Waals surface area contributed by atoms with Crippen LogP contribution in [0.1, 0.15) is 36.4 Å². The van der Waals surface area contributed by atoms with Gasteiger partial charge in [0.15, 0.2) is 0 Å². The van der Waals surface area contributed by atoms with Crippen LogP contribution >= 0.6 is 11.6 Å². The average Bonchev–Trinajstić information content (AvgIpc) is 2.62. The minimum atomic E-state index is -0.709. The Kier molecular flexibility index (Phi) is 4.93. The molecule has 0 bridgehead atoms. The van der Waals surface area contributed by atoms with Crippen LogP contribution in [0.4, 0.5) is 0 Å². The van der Waals surface area contributed by atoms with E-state index in [0.29, 0.717) is 6.42 Å². The molecule has 1 fully saturated rings. The topological polar surface area (TPSA) is 55.1 Å². The molecule has 1 aliphatic heterocycles. The normalized spacial score (nSPS) is 28.2. The Bertz CT molecular complexity index is 691. The molecule has 4 heteroatoms. The molecule has 0 aliphatic carbocycles. The van der Waals surface area contributed by atoms with Gasteiger partial charge in [0.1, 0.15) is 0 Å². The molecule has 0 saturated carbocycles. The fraction of sp³-hybridized carbons (Fsp3) is 0.350. The Morgan fingerprint density at radius 1 is 1.12 bits per heavy atom. The molecule has 24 heavy (non-hydrogen) atoms. The average molecular weight is 343 g/mol. The summed E-state index contributed by atoms with van der Waals surface area (Å²) in [6, 6.07) is 20.5. The van der Waals surface area contributed by atoms with Crippen molar-refractivity contribution in [1.82, 2.24) is 5.32 Å². The molecule has 0 spiro atoms. The Hall–Kier alpha value is -1.84. The Morgan fingerprint density at radius 3 is 2.21 bits per heavy atom. The van der Waals surface area contributed by atoms with Crippen LogP contribution < -0.4 is 11.1 Å². The molecule has 4 atom stereocenters. The highest BCUT2D eigenvalue weighted by Gasteiger charge is 2.50. The van der Waals surface area contributed by atoms with Crippen molar-refractivity contribution in [2.45, 2.75) is 30.2 Å². The molecule has 1 saturated heterocycles. The van der Waals surface area contributed by atoms with Crippen molar-refractivity contribution in [2.75, 3.05) is 6.54 Å². The monoisotopic (exact) mass is 342 g/mol. The third-order valence-electron chi connectivity index (χ3n) is 5.19. The van der Waals surface area contributed by atoms with E-state index >= 15 is 0 Å². The molecule has 3 nitrogen and oxygen atoms in total. The van der Waals surface area contributed by atoms with E-state index in [1.807, 2.05) is 43.3 Å². The van der Waals surface area contributed by atoms with Crippen molar-refractivity contribution < 1.29 is 4.79 Å². The highest BCUT2D eigenvalue weighted by molar-refractivity contribution is 6.26. The zero-order chi connectivity index (χ0) is 17.2. The first-order valence-corrected chi connectivity index (χ1v) is 8.73. The van der Waals surface area contributed by atoms with E-state index in [4.69, 9.17) is 17.3 Å². The van der Waals surface area contributed by atoms with Crippen molar-refractivity contribution in [3.8, 4) is 0 Å². The summed E-state index contributed by atoms with van der Waals surface area (Å²) in [6.07, 6.45) is 0.696. The lowest BCUT2D eigenvalue weighted by Crippen LogP contribution is -2.53. The Morgan fingerprint density at radius 2 is 1.67 bits per heavy atom. The smallest absolute Gasteiger partial charge is 0.222 e. The molecule has 0 radical (unpaired) electrons. The van der Waals surface area contributed by atoms with Crippen LogP contribution in [-0.2, 0) is 4.79 Å². The number of nitrogens with two attached hydrogens (primary N) is 1. The summed E-state index contributed by atoms with van der Waals surface area (Å²) in [4.78, 5) is 11.2. The number of primary amides is 1. The van der Waals surface area contributed by atoms with Gasteiger partial charge < -0.3 is 11.1 Å². The standard InChI is InChI=1S/C20H23ClN2O/c1-14(19(22)24)20(21)12-13-23-18(16-10-6-3-7-11-16)17(20)15-8-4-2-5-9-15/h2-11,14,17-18,23H,12-13H2,1H3,(H2,22,24). The van der Waals surface area contributed by atoms with Crippen molar-refractivity contribution >= 4 is 17.5 Å². The molecule has 2 aromatic rings. The summed E-state index contributed by atoms with van der Waals surface area (Å²) in [7, 11) is 0. The highest BCUT2D eigenvalue weighted by atomic mass is 35.5. The van der Waals surface area contributed by atoms with E-state index in [2.05, 4.69) is 29.6 Å². The summed E-state index contributed by atoms with van der Waals surface area (Å²) in [5, 5.41) is 3.60. The van der Waals surface area contributed by atoms with Gasteiger partial charge in [-0.15, -0.1) is 11.6 Å². The molecule has 1 amide bonds. The van der Waals surface area contributed by atoms with E-state index < -0.39 is 10.8 Å². The van der Waals surface area contributed by atoms with E-state index in [9.17, 15) is 4.79 Å². The van der Waals surface area contributed by atoms with Crippen LogP contribution in [0.25, 0.3) is 0 Å². The van der Waals surface area contributed by atoms with Gasteiger partial charge in [-0.2, -0.15) is 0 Å². The Labute approximate surface area is 148 Å². The first kappa shape index (κ1) is 17.0. The number of hydrogen-bond acceptors (Lipinski definition) is 2. The van der Waals surface area contributed by atoms with Gasteiger partial charge in [-0.05, 0) is 24.1 Å². The van der Waals surface area contributed by atoms with Crippen LogP contribution in [0.2, 0.25) is 0 Å². The van der Waals surface area contributed by atoms with Crippen molar-refractivity contribution in [1.29, 1.82) is 0 Å². The number of halogens is 1. The molecule has 1 heterocycles. The predicted octanol–water partition coefficient (Wildman–Crippen LogP) is 3.60. The minimum absolute atomic E-state index is 0.0426. The predicted molar refractivity (Wildman–Crippen MR) is 97.9 cm³/mol. The molecule has 3 rings (SSSR count). The zero-order valence-corrected chi connectivity index (χ0v) is 14.5. The first-order valence-electron chi connectivity index (χ1n) is 8.35. The number of amides is 1. The minimum Gasteiger partial charge on any atom is -0.369 e. The lowest BCUT2D eigenvalue weighted by molar-refractivity contribution is -0.122. The van der Waals surface area contributed by atoms with Gasteiger partial charge in [-0.1, -0.05) is 67.6 Å². The van der Waals surface area contributed by atoms with Crippen LogP contribution in [0, 0.1) is 5.92 Å². The second-order valence-corrected chi connectivity index (χ2v) is 7.24. The molecule has 126 valence electrons. The number of piperidine rings is 1. The molecule has 4 unspecified atom stereocenters. The quantitative estimate of drug-likeness (QED) is 0.834. The van der Waals surface area contributed by atoms with Gasteiger partial charge in [-0.25, -0.2) is 0 Å². The lowest BCUT2D eigenvalue weighted by Gasteiger charge is -2.47. The third kappa shape index (κ3) is 3.06. The first-order chi connectivity index (χ1) is 11.5. The SMILES string of the molecule is CC(C(N)=O)C1(Cl)CCNC(c2ccccc2)C1c1ccccc1. The van der Waals surface area contributed by atoms with Gasteiger partial charge in [0.05, 0.1) is 10.8 Å². The second-order valence-electron chi connectivity index (χ2n) is 6.53. The maximum absolute atomic E-state index is 11.9. The maximum Gasteiger partial charge on any atom is 0.222 e. The maximum atomic E-state index is 11.9. The largest absolute Gasteiger partial charge is 0.369 e. The molecule has 3 N–H and O–H groups in total. The van der Waals surface area contributed by atoms with Gasteiger partial charge in [0.2, 0.25) is 5.91 Å². The van der Waals surface area contributed by atoms with Crippen molar-refractivity contribution in [3.63, 3.8) is 0 Å². The van der Waals surface area contributed by atoms with Crippen LogP contribution in [0.5, 0.6) is 0 Å². The van der Waals surface area contributed by atoms with Gasteiger partial charge in [0, 0.05) is 12.0 Å². The summed E-state index contributed by atoms with van der Waals surface area (Å²) in [5.41, 5.74) is 7.93. The highest BCUT2D eigenvalue weighted by Crippen LogP contribution is 2.51. The molecule has 1 aliphatic rings. The fourth-order valence-corrected chi connectivity index (χ4v) is 4.25. The number of benzene rings is 2. The van der Waals surface area contributed by atoms with Crippen molar-refractivity contribution in [3.05, 3.63) is 71.8 Å². The van der Waals surface area contributed by atoms with Crippen molar-refractivity contribution in [2.24, 2.45) is 11.7 Å². The van der Waals surface area contributed by atoms with E-state index in [1.165, 1.54) is 5.56 Å². The fourth-order valence-electron chi connectivity index (χ4n) is 3.79. The molecule has 0 aromatic heterocycles. The number of nitrogens with one attached hydrogen (secondary N) is 1.